The van der Waals surface area contributed by atoms with E-state index in [4.69, 9.17) is 0 Å². The number of thiazole rings is 1. The second-order valence-electron chi connectivity index (χ2n) is 5.88. The minimum atomic E-state index is -0.347. The number of benzene rings is 2. The number of rotatable bonds is 6. The fourth-order valence-electron chi connectivity index (χ4n) is 2.46. The van der Waals surface area contributed by atoms with Gasteiger partial charge in [0.25, 0.3) is 0 Å². The fraction of sp³-hybridized carbons (Fsp3) is 0.200. The van der Waals surface area contributed by atoms with Crippen molar-refractivity contribution in [3.05, 3.63) is 76.5 Å². The average molecular weight is 354 g/mol. The number of halogens is 1. The number of carbonyl (C=O) groups is 1. The molecule has 0 aliphatic heterocycles. The van der Waals surface area contributed by atoms with Crippen molar-refractivity contribution in [1.29, 1.82) is 0 Å². The Bertz CT molecular complexity index is 858. The van der Waals surface area contributed by atoms with Crippen LogP contribution in [0.15, 0.2) is 53.9 Å². The summed E-state index contributed by atoms with van der Waals surface area (Å²) in [7, 11) is 0. The molecule has 2 aromatic carbocycles. The van der Waals surface area contributed by atoms with Gasteiger partial charge in [-0.15, -0.1) is 11.3 Å². The Balaban J connectivity index is 1.50. The first-order valence-corrected chi connectivity index (χ1v) is 9.01. The first kappa shape index (κ1) is 17.3. The summed E-state index contributed by atoms with van der Waals surface area (Å²) >= 11 is 1.60. The van der Waals surface area contributed by atoms with E-state index in [1.807, 2.05) is 5.38 Å². The molecule has 1 amide bonds. The summed E-state index contributed by atoms with van der Waals surface area (Å²) in [5, 5.41) is 5.81. The van der Waals surface area contributed by atoms with E-state index in [-0.39, 0.29) is 18.1 Å². The van der Waals surface area contributed by atoms with E-state index in [1.165, 1.54) is 11.6 Å². The molecule has 0 aliphatic rings. The van der Waals surface area contributed by atoms with Crippen molar-refractivity contribution >= 4 is 17.2 Å². The zero-order valence-electron chi connectivity index (χ0n) is 14.0. The molecule has 1 N–H and O–H groups in total. The molecule has 0 aliphatic carbocycles. The molecule has 25 heavy (non-hydrogen) atoms. The number of aryl methyl sites for hydroxylation is 1. The molecule has 0 saturated heterocycles. The Labute approximate surface area is 150 Å². The van der Waals surface area contributed by atoms with E-state index in [0.29, 0.717) is 18.5 Å². The van der Waals surface area contributed by atoms with E-state index >= 15 is 0 Å². The maximum Gasteiger partial charge on any atom is 0.224 e. The topological polar surface area (TPSA) is 42.0 Å². The number of nitrogens with zero attached hydrogens (tertiary/aromatic N) is 1. The number of amides is 1. The van der Waals surface area contributed by atoms with Gasteiger partial charge >= 0.3 is 0 Å². The van der Waals surface area contributed by atoms with Gasteiger partial charge in [-0.3, -0.25) is 4.79 Å². The van der Waals surface area contributed by atoms with Crippen LogP contribution in [-0.2, 0) is 17.6 Å². The summed E-state index contributed by atoms with van der Waals surface area (Å²) in [4.78, 5) is 16.5. The molecule has 0 radical (unpaired) electrons. The van der Waals surface area contributed by atoms with E-state index < -0.39 is 0 Å². The standard InChI is InChI=1S/C20H19FN2OS/c1-14-6-8-15(9-7-14)20-23-17(13-25-20)10-11-22-19(24)12-16-4-2-3-5-18(16)21/h2-9,13H,10-12H2,1H3,(H,22,24). The van der Waals surface area contributed by atoms with Crippen LogP contribution in [0.2, 0.25) is 0 Å². The van der Waals surface area contributed by atoms with Crippen LogP contribution >= 0.6 is 11.3 Å². The Morgan fingerprint density at radius 1 is 1.16 bits per heavy atom. The fourth-order valence-corrected chi connectivity index (χ4v) is 3.32. The van der Waals surface area contributed by atoms with E-state index in [0.717, 1.165) is 16.3 Å². The summed E-state index contributed by atoms with van der Waals surface area (Å²) in [6.45, 7) is 2.55. The molecule has 0 unspecified atom stereocenters. The van der Waals surface area contributed by atoms with Crippen LogP contribution in [0.4, 0.5) is 4.39 Å². The molecule has 0 spiro atoms. The highest BCUT2D eigenvalue weighted by molar-refractivity contribution is 7.13. The minimum Gasteiger partial charge on any atom is -0.355 e. The predicted molar refractivity (Wildman–Crippen MR) is 99.1 cm³/mol. The zero-order valence-corrected chi connectivity index (χ0v) is 14.8. The molecular weight excluding hydrogens is 335 g/mol. The van der Waals surface area contributed by atoms with Crippen LogP contribution in [0.3, 0.4) is 0 Å². The van der Waals surface area contributed by atoms with Gasteiger partial charge in [-0.2, -0.15) is 0 Å². The van der Waals surface area contributed by atoms with Crippen molar-refractivity contribution in [1.82, 2.24) is 10.3 Å². The molecule has 1 aromatic heterocycles. The Morgan fingerprint density at radius 2 is 1.92 bits per heavy atom. The molecule has 0 atom stereocenters. The second-order valence-corrected chi connectivity index (χ2v) is 6.74. The maximum absolute atomic E-state index is 13.5. The van der Waals surface area contributed by atoms with Gasteiger partial charge in [0.1, 0.15) is 10.8 Å². The van der Waals surface area contributed by atoms with Crippen LogP contribution in [0.5, 0.6) is 0 Å². The predicted octanol–water partition coefficient (Wildman–Crippen LogP) is 4.16. The lowest BCUT2D eigenvalue weighted by atomic mass is 10.1. The number of hydrogen-bond acceptors (Lipinski definition) is 3. The van der Waals surface area contributed by atoms with Crippen molar-refractivity contribution in [2.24, 2.45) is 0 Å². The zero-order chi connectivity index (χ0) is 17.6. The smallest absolute Gasteiger partial charge is 0.224 e. The van der Waals surface area contributed by atoms with E-state index in [2.05, 4.69) is 41.5 Å². The molecule has 0 fully saturated rings. The molecule has 3 rings (SSSR count). The van der Waals surface area contributed by atoms with Gasteiger partial charge in [0, 0.05) is 23.9 Å². The molecule has 0 saturated carbocycles. The lowest BCUT2D eigenvalue weighted by molar-refractivity contribution is -0.120. The second kappa shape index (κ2) is 8.03. The lowest BCUT2D eigenvalue weighted by Crippen LogP contribution is -2.27. The van der Waals surface area contributed by atoms with E-state index in [9.17, 15) is 9.18 Å². The van der Waals surface area contributed by atoms with Crippen LogP contribution in [0.25, 0.3) is 10.6 Å². The molecule has 3 aromatic rings. The molecule has 1 heterocycles. The Morgan fingerprint density at radius 3 is 2.68 bits per heavy atom. The SMILES string of the molecule is Cc1ccc(-c2nc(CCNC(=O)Cc3ccccc3F)cs2)cc1. The van der Waals surface area contributed by atoms with Gasteiger partial charge in [0.2, 0.25) is 5.91 Å². The third-order valence-electron chi connectivity index (χ3n) is 3.86. The van der Waals surface area contributed by atoms with E-state index in [1.54, 1.807) is 29.5 Å². The lowest BCUT2D eigenvalue weighted by Gasteiger charge is -2.05. The van der Waals surface area contributed by atoms with Gasteiger partial charge in [-0.1, -0.05) is 48.0 Å². The third-order valence-corrected chi connectivity index (χ3v) is 4.80. The number of aromatic nitrogens is 1. The Kier molecular flexibility index (Phi) is 5.56. The largest absolute Gasteiger partial charge is 0.355 e. The Hall–Kier alpha value is -2.53. The van der Waals surface area contributed by atoms with Gasteiger partial charge in [-0.05, 0) is 18.6 Å². The average Bonchev–Trinajstić information content (AvgIpc) is 3.06. The van der Waals surface area contributed by atoms with Crippen molar-refractivity contribution in [3.8, 4) is 10.6 Å². The first-order valence-electron chi connectivity index (χ1n) is 8.13. The van der Waals surface area contributed by atoms with Gasteiger partial charge in [-0.25, -0.2) is 9.37 Å². The summed E-state index contributed by atoms with van der Waals surface area (Å²) < 4.78 is 13.5. The normalized spacial score (nSPS) is 10.6. The third kappa shape index (κ3) is 4.73. The summed E-state index contributed by atoms with van der Waals surface area (Å²) in [5.41, 5.74) is 3.69. The number of hydrogen-bond donors (Lipinski definition) is 1. The van der Waals surface area contributed by atoms with Crippen LogP contribution in [0, 0.1) is 12.7 Å². The highest BCUT2D eigenvalue weighted by atomic mass is 32.1. The highest BCUT2D eigenvalue weighted by Gasteiger charge is 2.08. The van der Waals surface area contributed by atoms with Crippen molar-refractivity contribution < 1.29 is 9.18 Å². The van der Waals surface area contributed by atoms with Gasteiger partial charge in [0.15, 0.2) is 0 Å². The van der Waals surface area contributed by atoms with Gasteiger partial charge in [0.05, 0.1) is 12.1 Å². The first-order chi connectivity index (χ1) is 12.1. The molecule has 3 nitrogen and oxygen atoms in total. The number of nitrogens with one attached hydrogen (secondary N) is 1. The summed E-state index contributed by atoms with van der Waals surface area (Å²) in [6.07, 6.45) is 0.712. The monoisotopic (exact) mass is 354 g/mol. The summed E-state index contributed by atoms with van der Waals surface area (Å²) in [5.74, 6) is -0.529. The quantitative estimate of drug-likeness (QED) is 0.722. The number of carbonyl (C=O) groups excluding carboxylic acids is 1. The molecule has 0 bridgehead atoms. The summed E-state index contributed by atoms with van der Waals surface area (Å²) in [6, 6.07) is 14.6. The molecule has 128 valence electrons. The molecule has 5 heteroatoms. The van der Waals surface area contributed by atoms with Crippen LogP contribution < -0.4 is 5.32 Å². The maximum atomic E-state index is 13.5. The van der Waals surface area contributed by atoms with Crippen molar-refractivity contribution in [2.45, 2.75) is 19.8 Å². The highest BCUT2D eigenvalue weighted by Crippen LogP contribution is 2.24. The minimum absolute atomic E-state index is 0.0539. The molecular formula is C20H19FN2OS. The van der Waals surface area contributed by atoms with Crippen LogP contribution in [-0.4, -0.2) is 17.4 Å². The van der Waals surface area contributed by atoms with Crippen molar-refractivity contribution in [2.75, 3.05) is 6.54 Å². The van der Waals surface area contributed by atoms with Gasteiger partial charge < -0.3 is 5.32 Å². The van der Waals surface area contributed by atoms with Crippen molar-refractivity contribution in [3.63, 3.8) is 0 Å². The van der Waals surface area contributed by atoms with Crippen LogP contribution in [0.1, 0.15) is 16.8 Å².